The number of fused-ring (bicyclic) bond motifs is 1. The van der Waals surface area contributed by atoms with Gasteiger partial charge in [-0.1, -0.05) is 30.3 Å². The van der Waals surface area contributed by atoms with Crippen molar-refractivity contribution in [1.82, 2.24) is 20.7 Å². The van der Waals surface area contributed by atoms with Gasteiger partial charge in [0.05, 0.1) is 6.04 Å². The number of nitrogens with one attached hydrogen (secondary N) is 2. The van der Waals surface area contributed by atoms with Gasteiger partial charge in [0, 0.05) is 44.2 Å². The maximum atomic E-state index is 3.53. The Bertz CT molecular complexity index is 540. The quantitative estimate of drug-likeness (QED) is 0.813. The lowest BCUT2D eigenvalue weighted by Crippen LogP contribution is -2.57. The van der Waals surface area contributed by atoms with E-state index in [0.717, 1.165) is 18.6 Å². The summed E-state index contributed by atoms with van der Waals surface area (Å²) in [6.45, 7) is 6.17. The first-order chi connectivity index (χ1) is 12.3. The summed E-state index contributed by atoms with van der Waals surface area (Å²) in [6, 6.07) is 12.9. The number of rotatable bonds is 6. The minimum atomic E-state index is 0.434. The number of hydrogen-bond acceptors (Lipinski definition) is 5. The molecule has 3 heterocycles. The zero-order chi connectivity index (χ0) is 17.1. The molecule has 25 heavy (non-hydrogen) atoms. The molecule has 4 atom stereocenters. The minimum Gasteiger partial charge on any atom is -0.298 e. The van der Waals surface area contributed by atoms with E-state index in [2.05, 4.69) is 57.2 Å². The van der Waals surface area contributed by atoms with Crippen molar-refractivity contribution in [2.75, 3.05) is 44.7 Å². The van der Waals surface area contributed by atoms with Crippen molar-refractivity contribution in [2.24, 2.45) is 5.92 Å². The fourth-order valence-corrected chi connectivity index (χ4v) is 5.43. The van der Waals surface area contributed by atoms with Gasteiger partial charge < -0.3 is 0 Å². The SMILES string of the molecule is CSCC[C@@H]1CN2CCC[C@H]2CN1CC1CNNC1c1ccccc1. The van der Waals surface area contributed by atoms with Crippen LogP contribution in [0.15, 0.2) is 30.3 Å². The van der Waals surface area contributed by atoms with Crippen LogP contribution in [0.1, 0.15) is 30.9 Å². The number of benzene rings is 1. The molecule has 2 unspecified atom stereocenters. The Hall–Kier alpha value is -0.590. The molecule has 3 aliphatic heterocycles. The highest BCUT2D eigenvalue weighted by molar-refractivity contribution is 7.98. The Morgan fingerprint density at radius 3 is 2.92 bits per heavy atom. The van der Waals surface area contributed by atoms with Gasteiger partial charge in [0.1, 0.15) is 0 Å². The standard InChI is InChI=1S/C20H32N4S/c1-25-11-9-19-14-23-10-5-8-18(23)15-24(19)13-17-12-21-22-20(17)16-6-3-2-4-7-16/h2-4,6-7,17-22H,5,8-15H2,1H3/t17?,18-,19+,20?/m0/s1. The molecular formula is C20H32N4S. The van der Waals surface area contributed by atoms with Gasteiger partial charge in [-0.2, -0.15) is 11.8 Å². The molecule has 0 spiro atoms. The predicted molar refractivity (Wildman–Crippen MR) is 107 cm³/mol. The summed E-state index contributed by atoms with van der Waals surface area (Å²) < 4.78 is 0. The molecule has 138 valence electrons. The van der Waals surface area contributed by atoms with E-state index in [0.29, 0.717) is 12.0 Å². The van der Waals surface area contributed by atoms with Crippen molar-refractivity contribution in [3.05, 3.63) is 35.9 Å². The largest absolute Gasteiger partial charge is 0.298 e. The molecule has 2 N–H and O–H groups in total. The van der Waals surface area contributed by atoms with Crippen LogP contribution in [0, 0.1) is 5.92 Å². The molecule has 0 radical (unpaired) electrons. The molecule has 4 nitrogen and oxygen atoms in total. The molecule has 0 amide bonds. The first-order valence-corrected chi connectivity index (χ1v) is 11.2. The normalized spacial score (nSPS) is 33.6. The van der Waals surface area contributed by atoms with Crippen molar-refractivity contribution in [1.29, 1.82) is 0 Å². The highest BCUT2D eigenvalue weighted by Crippen LogP contribution is 2.30. The Morgan fingerprint density at radius 1 is 1.20 bits per heavy atom. The Morgan fingerprint density at radius 2 is 2.08 bits per heavy atom. The monoisotopic (exact) mass is 360 g/mol. The van der Waals surface area contributed by atoms with Crippen LogP contribution >= 0.6 is 11.8 Å². The summed E-state index contributed by atoms with van der Waals surface area (Å²) in [5.41, 5.74) is 8.36. The van der Waals surface area contributed by atoms with Crippen molar-refractivity contribution in [3.63, 3.8) is 0 Å². The van der Waals surface area contributed by atoms with Crippen molar-refractivity contribution in [3.8, 4) is 0 Å². The second kappa shape index (κ2) is 8.40. The zero-order valence-electron chi connectivity index (χ0n) is 15.4. The average molecular weight is 361 g/mol. The second-order valence-electron chi connectivity index (χ2n) is 7.85. The van der Waals surface area contributed by atoms with E-state index >= 15 is 0 Å². The third kappa shape index (κ3) is 4.06. The van der Waals surface area contributed by atoms with Crippen LogP contribution in [-0.4, -0.2) is 66.6 Å². The summed E-state index contributed by atoms with van der Waals surface area (Å²) in [6.07, 6.45) is 6.36. The molecule has 3 fully saturated rings. The number of thioether (sulfide) groups is 1. The van der Waals surface area contributed by atoms with E-state index in [1.807, 2.05) is 11.8 Å². The Kier molecular flexibility index (Phi) is 5.98. The third-order valence-electron chi connectivity index (χ3n) is 6.28. The van der Waals surface area contributed by atoms with Crippen molar-refractivity contribution < 1.29 is 0 Å². The van der Waals surface area contributed by atoms with E-state index in [1.54, 1.807) is 0 Å². The molecule has 3 saturated heterocycles. The lowest BCUT2D eigenvalue weighted by molar-refractivity contribution is 0.0384. The van der Waals surface area contributed by atoms with Crippen LogP contribution in [0.5, 0.6) is 0 Å². The first kappa shape index (κ1) is 17.8. The Balaban J connectivity index is 1.44. The van der Waals surface area contributed by atoms with E-state index in [4.69, 9.17) is 0 Å². The lowest BCUT2D eigenvalue weighted by Gasteiger charge is -2.45. The van der Waals surface area contributed by atoms with Crippen LogP contribution in [0.2, 0.25) is 0 Å². The van der Waals surface area contributed by atoms with Gasteiger partial charge in [0.2, 0.25) is 0 Å². The van der Waals surface area contributed by atoms with Gasteiger partial charge in [0.25, 0.3) is 0 Å². The van der Waals surface area contributed by atoms with Crippen LogP contribution in [-0.2, 0) is 0 Å². The number of nitrogens with zero attached hydrogens (tertiary/aromatic N) is 2. The molecule has 4 rings (SSSR count). The molecular weight excluding hydrogens is 328 g/mol. The fourth-order valence-electron chi connectivity index (χ4n) is 4.92. The maximum absolute atomic E-state index is 3.53. The summed E-state index contributed by atoms with van der Waals surface area (Å²) in [7, 11) is 0. The molecule has 0 aliphatic carbocycles. The summed E-state index contributed by atoms with van der Waals surface area (Å²) >= 11 is 1.99. The molecule has 1 aromatic rings. The van der Waals surface area contributed by atoms with Gasteiger partial charge in [-0.05, 0) is 43.4 Å². The molecule has 5 heteroatoms. The molecule has 0 bridgehead atoms. The zero-order valence-corrected chi connectivity index (χ0v) is 16.2. The number of piperazine rings is 1. The Labute approximate surface area is 156 Å². The van der Waals surface area contributed by atoms with Gasteiger partial charge in [-0.25, -0.2) is 5.43 Å². The first-order valence-electron chi connectivity index (χ1n) is 9.85. The summed E-state index contributed by atoms with van der Waals surface area (Å²) in [5.74, 6) is 1.93. The number of hydrazine groups is 1. The van der Waals surface area contributed by atoms with Crippen LogP contribution in [0.25, 0.3) is 0 Å². The van der Waals surface area contributed by atoms with E-state index in [9.17, 15) is 0 Å². The van der Waals surface area contributed by atoms with Crippen LogP contribution < -0.4 is 10.9 Å². The minimum absolute atomic E-state index is 0.434. The maximum Gasteiger partial charge on any atom is 0.0515 e. The van der Waals surface area contributed by atoms with Crippen LogP contribution in [0.4, 0.5) is 0 Å². The van der Waals surface area contributed by atoms with Gasteiger partial charge >= 0.3 is 0 Å². The predicted octanol–water partition coefficient (Wildman–Crippen LogP) is 2.35. The van der Waals surface area contributed by atoms with Gasteiger partial charge in [-0.15, -0.1) is 0 Å². The van der Waals surface area contributed by atoms with E-state index < -0.39 is 0 Å². The summed E-state index contributed by atoms with van der Waals surface area (Å²) in [5, 5.41) is 0. The topological polar surface area (TPSA) is 30.5 Å². The number of hydrogen-bond donors (Lipinski definition) is 2. The fraction of sp³-hybridized carbons (Fsp3) is 0.700. The lowest BCUT2D eigenvalue weighted by atomic mass is 9.93. The summed E-state index contributed by atoms with van der Waals surface area (Å²) in [4.78, 5) is 5.60. The second-order valence-corrected chi connectivity index (χ2v) is 8.84. The van der Waals surface area contributed by atoms with E-state index in [1.165, 1.54) is 56.8 Å². The highest BCUT2D eigenvalue weighted by atomic mass is 32.2. The average Bonchev–Trinajstić information content (AvgIpc) is 3.29. The highest BCUT2D eigenvalue weighted by Gasteiger charge is 2.38. The van der Waals surface area contributed by atoms with Gasteiger partial charge in [-0.3, -0.25) is 15.2 Å². The van der Waals surface area contributed by atoms with E-state index in [-0.39, 0.29) is 0 Å². The third-order valence-corrected chi connectivity index (χ3v) is 6.93. The molecule has 0 aromatic heterocycles. The molecule has 3 aliphatic rings. The van der Waals surface area contributed by atoms with Crippen molar-refractivity contribution >= 4 is 11.8 Å². The smallest absolute Gasteiger partial charge is 0.0515 e. The van der Waals surface area contributed by atoms with Gasteiger partial charge in [0.15, 0.2) is 0 Å². The molecule has 1 aromatic carbocycles. The van der Waals surface area contributed by atoms with Crippen molar-refractivity contribution in [2.45, 2.75) is 37.4 Å². The molecule has 0 saturated carbocycles. The van der Waals surface area contributed by atoms with Crippen LogP contribution in [0.3, 0.4) is 0 Å².